The van der Waals surface area contributed by atoms with Gasteiger partial charge in [0.25, 0.3) is 10.0 Å². The number of pyridine rings is 1. The predicted molar refractivity (Wildman–Crippen MR) is 103 cm³/mol. The first kappa shape index (κ1) is 18.9. The van der Waals surface area contributed by atoms with Gasteiger partial charge in [0.2, 0.25) is 5.91 Å². The van der Waals surface area contributed by atoms with Gasteiger partial charge < -0.3 is 5.32 Å². The molecule has 1 N–H and O–H groups in total. The summed E-state index contributed by atoms with van der Waals surface area (Å²) in [5.74, 6) is -0.481. The van der Waals surface area contributed by atoms with Crippen LogP contribution in [0.25, 0.3) is 11.3 Å². The Balaban J connectivity index is 1.65. The van der Waals surface area contributed by atoms with Gasteiger partial charge >= 0.3 is 0 Å². The van der Waals surface area contributed by atoms with Gasteiger partial charge in [-0.1, -0.05) is 11.6 Å². The fourth-order valence-corrected chi connectivity index (χ4v) is 5.57. The second-order valence-corrected chi connectivity index (χ2v) is 9.99. The molecule has 7 nitrogen and oxygen atoms in total. The van der Waals surface area contributed by atoms with Crippen molar-refractivity contribution in [2.24, 2.45) is 0 Å². The molecule has 0 aliphatic rings. The average Bonchev–Trinajstić information content (AvgIpc) is 3.25. The minimum Gasteiger partial charge on any atom is -0.301 e. The van der Waals surface area contributed by atoms with E-state index in [9.17, 15) is 13.2 Å². The van der Waals surface area contributed by atoms with Gasteiger partial charge in [-0.2, -0.15) is 4.31 Å². The molecule has 0 saturated heterocycles. The maximum Gasteiger partial charge on any atom is 0.252 e. The lowest BCUT2D eigenvalue weighted by atomic mass is 10.2. The summed E-state index contributed by atoms with van der Waals surface area (Å²) in [6, 6.07) is 6.57. The Kier molecular flexibility index (Phi) is 5.68. The maximum absolute atomic E-state index is 12.4. The zero-order chi connectivity index (χ0) is 18.7. The van der Waals surface area contributed by atoms with E-state index in [-0.39, 0.29) is 10.8 Å². The van der Waals surface area contributed by atoms with E-state index in [0.717, 1.165) is 21.2 Å². The minimum absolute atomic E-state index is 0.0888. The molecule has 0 fully saturated rings. The molecular weight excluding hydrogens is 416 g/mol. The number of aromatic nitrogens is 2. The van der Waals surface area contributed by atoms with E-state index in [0.29, 0.717) is 15.2 Å². The first-order valence-corrected chi connectivity index (χ1v) is 10.7. The van der Waals surface area contributed by atoms with Crippen LogP contribution in [0.15, 0.2) is 46.2 Å². The molecule has 0 radical (unpaired) electrons. The number of hydrogen-bond donors (Lipinski definition) is 1. The summed E-state index contributed by atoms with van der Waals surface area (Å²) in [7, 11) is -2.42. The van der Waals surface area contributed by atoms with Gasteiger partial charge in [-0.25, -0.2) is 13.4 Å². The molecule has 0 bridgehead atoms. The quantitative estimate of drug-likeness (QED) is 0.650. The summed E-state index contributed by atoms with van der Waals surface area (Å²) in [5.41, 5.74) is 1.52. The van der Waals surface area contributed by atoms with E-state index in [1.54, 1.807) is 23.8 Å². The van der Waals surface area contributed by atoms with Crippen molar-refractivity contribution in [2.45, 2.75) is 4.21 Å². The Labute approximate surface area is 163 Å². The molecule has 3 heterocycles. The van der Waals surface area contributed by atoms with Gasteiger partial charge in [0, 0.05) is 30.4 Å². The number of nitrogens with zero attached hydrogens (tertiary/aromatic N) is 3. The first-order valence-electron chi connectivity index (χ1n) is 7.24. The summed E-state index contributed by atoms with van der Waals surface area (Å²) in [6.45, 7) is -0.334. The van der Waals surface area contributed by atoms with E-state index >= 15 is 0 Å². The zero-order valence-corrected chi connectivity index (χ0v) is 16.6. The Bertz CT molecular complexity index is 1020. The fourth-order valence-electron chi connectivity index (χ4n) is 2.01. The molecule has 0 aliphatic heterocycles. The molecule has 3 aromatic heterocycles. The van der Waals surface area contributed by atoms with Crippen LogP contribution in [0.4, 0.5) is 5.13 Å². The summed E-state index contributed by atoms with van der Waals surface area (Å²) in [6.07, 6.45) is 3.34. The number of halogens is 1. The highest BCUT2D eigenvalue weighted by Gasteiger charge is 2.25. The summed E-state index contributed by atoms with van der Waals surface area (Å²) >= 11 is 7.98. The lowest BCUT2D eigenvalue weighted by molar-refractivity contribution is -0.116. The van der Waals surface area contributed by atoms with Crippen molar-refractivity contribution in [1.29, 1.82) is 0 Å². The van der Waals surface area contributed by atoms with Gasteiger partial charge in [-0.15, -0.1) is 22.7 Å². The van der Waals surface area contributed by atoms with Crippen LogP contribution in [-0.4, -0.2) is 42.2 Å². The third kappa shape index (κ3) is 4.27. The fraction of sp³-hybridized carbons (Fsp3) is 0.133. The minimum atomic E-state index is -3.76. The number of hydrogen-bond acceptors (Lipinski definition) is 7. The third-order valence-electron chi connectivity index (χ3n) is 3.29. The molecule has 0 aliphatic carbocycles. The molecule has 0 atom stereocenters. The highest BCUT2D eigenvalue weighted by molar-refractivity contribution is 7.91. The molecule has 26 heavy (non-hydrogen) atoms. The topological polar surface area (TPSA) is 92.3 Å². The molecule has 0 saturated carbocycles. The van der Waals surface area contributed by atoms with E-state index in [2.05, 4.69) is 15.3 Å². The Hall–Kier alpha value is -1.85. The number of carbonyl (C=O) groups is 1. The SMILES string of the molecule is CN(CC(=O)Nc1nc(-c2cccnc2)cs1)S(=O)(=O)c1ccc(Cl)s1. The summed E-state index contributed by atoms with van der Waals surface area (Å²) < 4.78 is 26.2. The normalized spacial score (nSPS) is 11.7. The maximum atomic E-state index is 12.4. The lowest BCUT2D eigenvalue weighted by Crippen LogP contribution is -2.34. The van der Waals surface area contributed by atoms with Crippen molar-refractivity contribution in [2.75, 3.05) is 18.9 Å². The highest BCUT2D eigenvalue weighted by Crippen LogP contribution is 2.28. The largest absolute Gasteiger partial charge is 0.301 e. The standard InChI is InChI=1S/C15H13ClN4O3S3/c1-20(26(22,23)14-5-4-12(16)25-14)8-13(21)19-15-18-11(9-24-15)10-3-2-6-17-7-10/h2-7,9H,8H2,1H3,(H,18,19,21). The predicted octanol–water partition coefficient (Wildman–Crippen LogP) is 3.18. The number of anilines is 1. The molecule has 0 spiro atoms. The number of likely N-dealkylation sites (N-methyl/N-ethyl adjacent to an activating group) is 1. The molecule has 0 aromatic carbocycles. The Morgan fingerprint density at radius 2 is 2.15 bits per heavy atom. The zero-order valence-electron chi connectivity index (χ0n) is 13.4. The highest BCUT2D eigenvalue weighted by atomic mass is 35.5. The molecule has 3 rings (SSSR count). The van der Waals surface area contributed by atoms with E-state index in [1.807, 2.05) is 6.07 Å². The van der Waals surface area contributed by atoms with Gasteiger partial charge in [-0.3, -0.25) is 9.78 Å². The Morgan fingerprint density at radius 3 is 2.81 bits per heavy atom. The second kappa shape index (κ2) is 7.80. The molecule has 3 aromatic rings. The monoisotopic (exact) mass is 428 g/mol. The number of nitrogens with one attached hydrogen (secondary N) is 1. The van der Waals surface area contributed by atoms with Crippen molar-refractivity contribution in [3.05, 3.63) is 46.4 Å². The second-order valence-electron chi connectivity index (χ2n) is 5.15. The van der Waals surface area contributed by atoms with E-state index < -0.39 is 15.9 Å². The smallest absolute Gasteiger partial charge is 0.252 e. The van der Waals surface area contributed by atoms with Gasteiger partial charge in [0.1, 0.15) is 4.21 Å². The van der Waals surface area contributed by atoms with Crippen molar-refractivity contribution in [3.63, 3.8) is 0 Å². The van der Waals surface area contributed by atoms with Crippen molar-refractivity contribution in [1.82, 2.24) is 14.3 Å². The first-order chi connectivity index (χ1) is 12.4. The van der Waals surface area contributed by atoms with E-state index in [4.69, 9.17) is 11.6 Å². The van der Waals surface area contributed by atoms with Crippen LogP contribution >= 0.6 is 34.3 Å². The number of rotatable bonds is 6. The number of amides is 1. The van der Waals surface area contributed by atoms with Crippen LogP contribution in [0.5, 0.6) is 0 Å². The Morgan fingerprint density at radius 1 is 1.35 bits per heavy atom. The van der Waals surface area contributed by atoms with Crippen LogP contribution in [-0.2, 0) is 14.8 Å². The van der Waals surface area contributed by atoms with Gasteiger partial charge in [0.15, 0.2) is 5.13 Å². The van der Waals surface area contributed by atoms with Crippen LogP contribution < -0.4 is 5.32 Å². The summed E-state index contributed by atoms with van der Waals surface area (Å²) in [5, 5.41) is 4.79. The van der Waals surface area contributed by atoms with Crippen LogP contribution in [0.1, 0.15) is 0 Å². The molecule has 0 unspecified atom stereocenters. The van der Waals surface area contributed by atoms with Gasteiger partial charge in [-0.05, 0) is 24.3 Å². The molecular formula is C15H13ClN4O3S3. The van der Waals surface area contributed by atoms with Crippen LogP contribution in [0.3, 0.4) is 0 Å². The van der Waals surface area contributed by atoms with Gasteiger partial charge in [0.05, 0.1) is 16.6 Å². The van der Waals surface area contributed by atoms with Crippen LogP contribution in [0, 0.1) is 0 Å². The van der Waals surface area contributed by atoms with E-state index in [1.165, 1.54) is 30.5 Å². The van der Waals surface area contributed by atoms with Crippen molar-refractivity contribution < 1.29 is 13.2 Å². The number of carbonyl (C=O) groups excluding carboxylic acids is 1. The lowest BCUT2D eigenvalue weighted by Gasteiger charge is -2.15. The average molecular weight is 429 g/mol. The molecule has 136 valence electrons. The third-order valence-corrected chi connectivity index (χ3v) is 7.55. The molecule has 1 amide bonds. The summed E-state index contributed by atoms with van der Waals surface area (Å²) in [4.78, 5) is 20.5. The number of thiophene rings is 1. The number of sulfonamides is 1. The van der Waals surface area contributed by atoms with Crippen molar-refractivity contribution in [3.8, 4) is 11.3 Å². The number of thiazole rings is 1. The molecule has 11 heteroatoms. The van der Waals surface area contributed by atoms with Crippen LogP contribution in [0.2, 0.25) is 4.34 Å². The van der Waals surface area contributed by atoms with Crippen molar-refractivity contribution >= 4 is 55.3 Å².